The minimum absolute atomic E-state index is 0.0465. The Morgan fingerprint density at radius 3 is 2.37 bits per heavy atom. The van der Waals surface area contributed by atoms with Crippen molar-refractivity contribution in [3.05, 3.63) is 63.9 Å². The minimum atomic E-state index is -1.83. The molecule has 1 aliphatic heterocycles. The summed E-state index contributed by atoms with van der Waals surface area (Å²) < 4.78 is 20.3. The number of aryl methyl sites for hydroxylation is 1. The van der Waals surface area contributed by atoms with Crippen molar-refractivity contribution in [3.8, 4) is 5.75 Å². The van der Waals surface area contributed by atoms with E-state index in [-0.39, 0.29) is 41.8 Å². The van der Waals surface area contributed by atoms with Gasteiger partial charge in [0.15, 0.2) is 0 Å². The van der Waals surface area contributed by atoms with E-state index in [2.05, 4.69) is 30.9 Å². The zero-order valence-corrected chi connectivity index (χ0v) is 24.5. The number of rotatable bonds is 11. The largest absolute Gasteiger partial charge is 0.503 e. The Kier molecular flexibility index (Phi) is 12.4. The van der Waals surface area contributed by atoms with Crippen LogP contribution in [0, 0.1) is 11.7 Å². The highest BCUT2D eigenvalue weighted by atomic mass is 35.5. The first-order valence-electron chi connectivity index (χ1n) is 14.3. The van der Waals surface area contributed by atoms with Gasteiger partial charge < -0.3 is 14.9 Å². The van der Waals surface area contributed by atoms with E-state index in [0.717, 1.165) is 36.4 Å². The zero-order chi connectivity index (χ0) is 29.9. The number of likely N-dealkylation sites (tertiary alicyclic amines) is 1. The lowest BCUT2D eigenvalue weighted by Crippen LogP contribution is -2.33. The SMILES string of the molecule is CCc1cc(CN(CC2CCCCC2)[C@H](C)c2ccc(Cl)c(F)c2)ccc1OCCN1C(=O)CCC1=O.O=C(O)O. The van der Waals surface area contributed by atoms with Crippen molar-refractivity contribution in [2.45, 2.75) is 77.8 Å². The maximum absolute atomic E-state index is 14.3. The number of halogens is 2. The Balaban J connectivity index is 0.00000108. The van der Waals surface area contributed by atoms with Crippen LogP contribution < -0.4 is 4.74 Å². The summed E-state index contributed by atoms with van der Waals surface area (Å²) in [5.74, 6) is 0.824. The summed E-state index contributed by atoms with van der Waals surface area (Å²) in [5, 5.41) is 14.1. The van der Waals surface area contributed by atoms with Crippen LogP contribution in [0.2, 0.25) is 5.02 Å². The summed E-state index contributed by atoms with van der Waals surface area (Å²) in [6.07, 6.45) is 5.94. The van der Waals surface area contributed by atoms with E-state index < -0.39 is 6.16 Å². The van der Waals surface area contributed by atoms with Gasteiger partial charge in [-0.05, 0) is 67.0 Å². The van der Waals surface area contributed by atoms with Crippen LogP contribution in [-0.2, 0) is 22.6 Å². The molecule has 10 heteroatoms. The van der Waals surface area contributed by atoms with Gasteiger partial charge in [-0.1, -0.05) is 56.0 Å². The van der Waals surface area contributed by atoms with Crippen LogP contribution >= 0.6 is 11.6 Å². The predicted octanol–water partition coefficient (Wildman–Crippen LogP) is 6.94. The molecule has 0 bridgehead atoms. The van der Waals surface area contributed by atoms with Crippen LogP contribution in [0.5, 0.6) is 5.75 Å². The molecule has 41 heavy (non-hydrogen) atoms. The Morgan fingerprint density at radius 2 is 1.76 bits per heavy atom. The van der Waals surface area contributed by atoms with Gasteiger partial charge in [-0.25, -0.2) is 9.18 Å². The van der Waals surface area contributed by atoms with Crippen molar-refractivity contribution in [2.24, 2.45) is 5.92 Å². The average molecular weight is 591 g/mol. The predicted molar refractivity (Wildman–Crippen MR) is 155 cm³/mol. The Labute approximate surface area is 246 Å². The van der Waals surface area contributed by atoms with Gasteiger partial charge in [-0.2, -0.15) is 0 Å². The first-order valence-corrected chi connectivity index (χ1v) is 14.7. The normalized spacial score (nSPS) is 16.5. The standard InChI is InChI=1S/C30H38ClFN2O3.CH2O3/c1-3-24-17-23(9-12-28(24)37-16-15-34-29(35)13-14-30(34)36)20-33(19-22-7-5-4-6-8-22)21(2)25-10-11-26(31)27(32)18-25;2-1(3)4/h9-12,17-18,21-22H,3-8,13-16,19-20H2,1-2H3;(H2,2,3,4)/t21-;/m1./s1. The van der Waals surface area contributed by atoms with E-state index in [1.165, 1.54) is 42.6 Å². The number of carbonyl (C=O) groups is 3. The maximum Gasteiger partial charge on any atom is 0.503 e. The number of nitrogens with zero attached hydrogens (tertiary/aromatic N) is 2. The number of carbonyl (C=O) groups excluding carboxylic acids is 2. The van der Waals surface area contributed by atoms with Crippen molar-refractivity contribution >= 4 is 29.6 Å². The second kappa shape index (κ2) is 15.7. The number of hydrogen-bond acceptors (Lipinski definition) is 5. The topological polar surface area (TPSA) is 107 Å². The number of ether oxygens (including phenoxy) is 1. The van der Waals surface area contributed by atoms with E-state index in [1.54, 1.807) is 12.1 Å². The summed E-state index contributed by atoms with van der Waals surface area (Å²) in [4.78, 5) is 36.0. The van der Waals surface area contributed by atoms with Crippen LogP contribution in [0.4, 0.5) is 9.18 Å². The van der Waals surface area contributed by atoms with Crippen molar-refractivity contribution < 1.29 is 33.7 Å². The summed E-state index contributed by atoms with van der Waals surface area (Å²) in [6, 6.07) is 11.4. The Hall–Kier alpha value is -3.17. The van der Waals surface area contributed by atoms with Crippen molar-refractivity contribution in [1.82, 2.24) is 9.80 Å². The number of carboxylic acid groups (broad SMARTS) is 2. The van der Waals surface area contributed by atoms with Gasteiger partial charge in [-0.15, -0.1) is 0 Å². The van der Waals surface area contributed by atoms with Crippen molar-refractivity contribution in [1.29, 1.82) is 0 Å². The Morgan fingerprint density at radius 1 is 1.10 bits per heavy atom. The molecule has 2 aliphatic rings. The van der Waals surface area contributed by atoms with Crippen LogP contribution in [0.1, 0.15) is 81.5 Å². The molecule has 1 saturated heterocycles. The third kappa shape index (κ3) is 9.71. The molecule has 1 aliphatic carbocycles. The van der Waals surface area contributed by atoms with E-state index in [9.17, 15) is 14.0 Å². The number of imide groups is 1. The number of benzene rings is 2. The monoisotopic (exact) mass is 590 g/mol. The number of amides is 2. The highest BCUT2D eigenvalue weighted by Gasteiger charge is 2.28. The molecule has 0 unspecified atom stereocenters. The zero-order valence-electron chi connectivity index (χ0n) is 23.8. The molecule has 1 saturated carbocycles. The summed E-state index contributed by atoms with van der Waals surface area (Å²) in [5.41, 5.74) is 3.21. The summed E-state index contributed by atoms with van der Waals surface area (Å²) >= 11 is 5.95. The molecule has 2 amide bonds. The smallest absolute Gasteiger partial charge is 0.491 e. The van der Waals surface area contributed by atoms with Gasteiger partial charge >= 0.3 is 6.16 Å². The van der Waals surface area contributed by atoms with Gasteiger partial charge in [-0.3, -0.25) is 19.4 Å². The van der Waals surface area contributed by atoms with Gasteiger partial charge in [0, 0.05) is 32.0 Å². The maximum atomic E-state index is 14.3. The molecular formula is C31H40ClFN2O6. The summed E-state index contributed by atoms with van der Waals surface area (Å²) in [6.45, 7) is 6.54. The number of hydrogen-bond donors (Lipinski definition) is 2. The van der Waals surface area contributed by atoms with Gasteiger partial charge in [0.1, 0.15) is 18.2 Å². The molecule has 0 radical (unpaired) electrons. The van der Waals surface area contributed by atoms with Crippen molar-refractivity contribution in [2.75, 3.05) is 19.7 Å². The van der Waals surface area contributed by atoms with Gasteiger partial charge in [0.25, 0.3) is 0 Å². The third-order valence-electron chi connectivity index (χ3n) is 7.81. The molecule has 1 heterocycles. The molecule has 0 spiro atoms. The molecule has 2 aromatic rings. The highest BCUT2D eigenvalue weighted by molar-refractivity contribution is 6.30. The molecule has 8 nitrogen and oxygen atoms in total. The van der Waals surface area contributed by atoms with E-state index in [0.29, 0.717) is 18.8 Å². The van der Waals surface area contributed by atoms with Crippen LogP contribution in [0.25, 0.3) is 0 Å². The van der Waals surface area contributed by atoms with Crippen LogP contribution in [-0.4, -0.2) is 57.7 Å². The van der Waals surface area contributed by atoms with E-state index in [1.807, 2.05) is 12.1 Å². The molecule has 2 N–H and O–H groups in total. The molecule has 1 atom stereocenters. The van der Waals surface area contributed by atoms with Crippen molar-refractivity contribution in [3.63, 3.8) is 0 Å². The fourth-order valence-corrected chi connectivity index (χ4v) is 5.66. The highest BCUT2D eigenvalue weighted by Crippen LogP contribution is 2.31. The molecular weight excluding hydrogens is 551 g/mol. The first-order chi connectivity index (χ1) is 19.6. The van der Waals surface area contributed by atoms with E-state index >= 15 is 0 Å². The van der Waals surface area contributed by atoms with Crippen LogP contribution in [0.3, 0.4) is 0 Å². The fraction of sp³-hybridized carbons (Fsp3) is 0.516. The second-order valence-electron chi connectivity index (χ2n) is 10.6. The lowest BCUT2D eigenvalue weighted by Gasteiger charge is -2.34. The molecule has 0 aromatic heterocycles. The molecule has 2 fully saturated rings. The molecule has 224 valence electrons. The van der Waals surface area contributed by atoms with E-state index in [4.69, 9.17) is 31.3 Å². The molecule has 2 aromatic carbocycles. The van der Waals surface area contributed by atoms with Gasteiger partial charge in [0.05, 0.1) is 11.6 Å². The summed E-state index contributed by atoms with van der Waals surface area (Å²) in [7, 11) is 0. The fourth-order valence-electron chi connectivity index (χ4n) is 5.55. The second-order valence-corrected chi connectivity index (χ2v) is 11.1. The molecule has 4 rings (SSSR count). The quantitative estimate of drug-likeness (QED) is 0.273. The lowest BCUT2D eigenvalue weighted by atomic mass is 9.88. The minimum Gasteiger partial charge on any atom is -0.491 e. The van der Waals surface area contributed by atoms with Crippen LogP contribution in [0.15, 0.2) is 36.4 Å². The third-order valence-corrected chi connectivity index (χ3v) is 8.12. The lowest BCUT2D eigenvalue weighted by molar-refractivity contribution is -0.138. The average Bonchev–Trinajstić information content (AvgIpc) is 3.27. The Bertz CT molecular complexity index is 1180. The van der Waals surface area contributed by atoms with Gasteiger partial charge in [0.2, 0.25) is 11.8 Å². The first kappa shape index (κ1) is 32.3.